The number of furan rings is 2. The van der Waals surface area contributed by atoms with Crippen molar-refractivity contribution >= 4 is 87.5 Å². The van der Waals surface area contributed by atoms with Gasteiger partial charge in [0.05, 0.1) is 39.0 Å². The Kier molecular flexibility index (Phi) is 8.55. The van der Waals surface area contributed by atoms with Gasteiger partial charge in [0.15, 0.2) is 17.5 Å². The highest BCUT2D eigenvalue weighted by Gasteiger charge is 2.24. The third-order valence-electron chi connectivity index (χ3n) is 14.2. The Morgan fingerprint density at radius 2 is 0.806 bits per heavy atom. The molecule has 10 aromatic carbocycles. The highest BCUT2D eigenvalue weighted by Crippen LogP contribution is 2.44. The maximum absolute atomic E-state index is 11.5. The summed E-state index contributed by atoms with van der Waals surface area (Å²) >= 11 is 0. The molecule has 0 fully saturated rings. The van der Waals surface area contributed by atoms with Crippen LogP contribution in [-0.2, 0) is 0 Å². The lowest BCUT2D eigenvalue weighted by atomic mass is 9.96. The third-order valence-corrected chi connectivity index (χ3v) is 14.2. The number of para-hydroxylation sites is 4. The van der Waals surface area contributed by atoms with E-state index in [4.69, 9.17) is 23.8 Å². The van der Waals surface area contributed by atoms with E-state index in [1.165, 1.54) is 0 Å². The summed E-state index contributed by atoms with van der Waals surface area (Å²) in [7, 11) is 0. The van der Waals surface area contributed by atoms with E-state index in [0.29, 0.717) is 23.0 Å². The fraction of sp³-hybridized carbons (Fsp3) is 0. The first-order valence-corrected chi connectivity index (χ1v) is 23.9. The van der Waals surface area contributed by atoms with Gasteiger partial charge in [0.25, 0.3) is 0 Å². The zero-order valence-electron chi connectivity index (χ0n) is 38.3. The van der Waals surface area contributed by atoms with Gasteiger partial charge in [0.1, 0.15) is 28.4 Å². The first-order chi connectivity index (χ1) is 35.6. The van der Waals surface area contributed by atoms with Crippen LogP contribution < -0.4 is 0 Å². The smallest absolute Gasteiger partial charge is 0.166 e. The van der Waals surface area contributed by atoms with Crippen LogP contribution in [0.2, 0.25) is 0 Å². The summed E-state index contributed by atoms with van der Waals surface area (Å²) < 4.78 is 17.4. The van der Waals surface area contributed by atoms with Crippen LogP contribution in [0, 0.1) is 11.3 Å². The second kappa shape index (κ2) is 15.5. The van der Waals surface area contributed by atoms with Crippen molar-refractivity contribution < 1.29 is 8.83 Å². The number of rotatable bonds is 6. The van der Waals surface area contributed by atoms with Crippen molar-refractivity contribution in [2.45, 2.75) is 0 Å². The van der Waals surface area contributed by atoms with E-state index in [0.717, 1.165) is 127 Å². The lowest BCUT2D eigenvalue weighted by molar-refractivity contribution is 0.669. The average molecular weight is 921 g/mol. The first kappa shape index (κ1) is 39.9. The summed E-state index contributed by atoms with van der Waals surface area (Å²) in [4.78, 5) is 15.6. The molecular formula is C64H36N6O2. The summed E-state index contributed by atoms with van der Waals surface area (Å²) in [5.41, 5.74) is 13.7. The zero-order valence-corrected chi connectivity index (χ0v) is 38.3. The molecule has 0 aliphatic carbocycles. The van der Waals surface area contributed by atoms with Gasteiger partial charge in [-0.05, 0) is 72.3 Å². The van der Waals surface area contributed by atoms with Crippen molar-refractivity contribution in [1.82, 2.24) is 24.1 Å². The second-order valence-electron chi connectivity index (χ2n) is 18.2. The van der Waals surface area contributed by atoms with E-state index in [1.54, 1.807) is 0 Å². The van der Waals surface area contributed by atoms with E-state index in [2.05, 4.69) is 130 Å². The fourth-order valence-corrected chi connectivity index (χ4v) is 11.0. The molecule has 72 heavy (non-hydrogen) atoms. The second-order valence-corrected chi connectivity index (χ2v) is 18.2. The molecule has 334 valence electrons. The molecule has 0 radical (unpaired) electrons. The van der Waals surface area contributed by atoms with Crippen LogP contribution in [0.25, 0.3) is 144 Å². The highest BCUT2D eigenvalue weighted by molar-refractivity contribution is 6.19. The van der Waals surface area contributed by atoms with Crippen molar-refractivity contribution in [2.75, 3.05) is 0 Å². The minimum atomic E-state index is 0.516. The maximum atomic E-state index is 11.5. The topological polar surface area (TPSA) is 98.6 Å². The Morgan fingerprint density at radius 3 is 1.36 bits per heavy atom. The summed E-state index contributed by atoms with van der Waals surface area (Å²) in [6.45, 7) is 0. The SMILES string of the molecule is N#Cc1c(-c2ccc(-c3nc(-c4ccccc4)nc(-c4ccccc4)n3)c(-n3c4ccccc4c4cc5oc6ccccc6c5cc43)c2)cccc1-n1c2ccccc2c2cc3oc4ccccc4c3cc21. The Labute approximate surface area is 410 Å². The van der Waals surface area contributed by atoms with Crippen LogP contribution in [0.1, 0.15) is 5.56 Å². The number of nitrogens with zero attached hydrogens (tertiary/aromatic N) is 6. The van der Waals surface area contributed by atoms with Gasteiger partial charge in [-0.25, -0.2) is 15.0 Å². The van der Waals surface area contributed by atoms with Gasteiger partial charge in [0, 0.05) is 65.3 Å². The molecule has 0 spiro atoms. The van der Waals surface area contributed by atoms with E-state index >= 15 is 0 Å². The monoisotopic (exact) mass is 920 g/mol. The molecule has 0 atom stereocenters. The molecule has 0 amide bonds. The minimum absolute atomic E-state index is 0.516. The molecule has 8 heteroatoms. The van der Waals surface area contributed by atoms with Crippen molar-refractivity contribution in [2.24, 2.45) is 0 Å². The van der Waals surface area contributed by atoms with Crippen LogP contribution in [0.4, 0.5) is 0 Å². The average Bonchev–Trinajstić information content (AvgIpc) is 4.19. The van der Waals surface area contributed by atoms with Gasteiger partial charge >= 0.3 is 0 Å². The van der Waals surface area contributed by atoms with Crippen LogP contribution in [0.15, 0.2) is 227 Å². The lowest BCUT2D eigenvalue weighted by Gasteiger charge is -2.18. The first-order valence-electron chi connectivity index (χ1n) is 23.9. The summed E-state index contributed by atoms with van der Waals surface area (Å²) in [5, 5.41) is 19.8. The van der Waals surface area contributed by atoms with Crippen molar-refractivity contribution in [3.8, 4) is 62.7 Å². The molecule has 0 bridgehead atoms. The summed E-state index contributed by atoms with van der Waals surface area (Å²) in [6.07, 6.45) is 0. The van der Waals surface area contributed by atoms with Gasteiger partial charge in [-0.15, -0.1) is 0 Å². The van der Waals surface area contributed by atoms with E-state index in [9.17, 15) is 5.26 Å². The van der Waals surface area contributed by atoms with Crippen LogP contribution in [0.5, 0.6) is 0 Å². The van der Waals surface area contributed by atoms with E-state index < -0.39 is 0 Å². The van der Waals surface area contributed by atoms with Crippen LogP contribution >= 0.6 is 0 Å². The van der Waals surface area contributed by atoms with Crippen molar-refractivity contribution in [3.05, 3.63) is 224 Å². The number of nitriles is 1. The summed E-state index contributed by atoms with van der Waals surface area (Å²) in [5.74, 6) is 1.65. The van der Waals surface area contributed by atoms with Crippen LogP contribution in [-0.4, -0.2) is 24.1 Å². The number of benzene rings is 10. The van der Waals surface area contributed by atoms with E-state index in [1.807, 2.05) is 103 Å². The van der Waals surface area contributed by atoms with E-state index in [-0.39, 0.29) is 0 Å². The predicted octanol–water partition coefficient (Wildman–Crippen LogP) is 16.4. The molecule has 0 aliphatic rings. The Hall–Kier alpha value is -10.1. The van der Waals surface area contributed by atoms with Gasteiger partial charge in [0.2, 0.25) is 0 Å². The normalized spacial score (nSPS) is 11.9. The quantitative estimate of drug-likeness (QED) is 0.165. The highest BCUT2D eigenvalue weighted by atomic mass is 16.3. The lowest BCUT2D eigenvalue weighted by Crippen LogP contribution is -2.04. The third kappa shape index (κ3) is 5.95. The number of fused-ring (bicyclic) bond motifs is 12. The molecule has 15 rings (SSSR count). The molecule has 0 unspecified atom stereocenters. The minimum Gasteiger partial charge on any atom is -0.456 e. The predicted molar refractivity (Wildman–Crippen MR) is 290 cm³/mol. The van der Waals surface area contributed by atoms with Crippen molar-refractivity contribution in [1.29, 1.82) is 5.26 Å². The molecule has 8 nitrogen and oxygen atoms in total. The molecule has 0 saturated heterocycles. The van der Waals surface area contributed by atoms with Gasteiger partial charge < -0.3 is 18.0 Å². The maximum Gasteiger partial charge on any atom is 0.166 e. The van der Waals surface area contributed by atoms with Crippen LogP contribution in [0.3, 0.4) is 0 Å². The largest absolute Gasteiger partial charge is 0.456 e. The molecule has 0 saturated carbocycles. The van der Waals surface area contributed by atoms with Gasteiger partial charge in [-0.2, -0.15) is 5.26 Å². The molecule has 5 aromatic heterocycles. The summed E-state index contributed by atoms with van der Waals surface area (Å²) in [6, 6.07) is 77.3. The Bertz CT molecular complexity index is 4710. The number of aromatic nitrogens is 5. The number of hydrogen-bond acceptors (Lipinski definition) is 6. The van der Waals surface area contributed by atoms with Gasteiger partial charge in [-0.1, -0.05) is 152 Å². The fourth-order valence-electron chi connectivity index (χ4n) is 11.0. The Balaban J connectivity index is 1.02. The zero-order chi connectivity index (χ0) is 47.4. The molecule has 0 aliphatic heterocycles. The van der Waals surface area contributed by atoms with Gasteiger partial charge in [-0.3, -0.25) is 0 Å². The molecule has 15 aromatic rings. The molecule has 0 N–H and O–H groups in total. The molecule has 5 heterocycles. The molecular weight excluding hydrogens is 885 g/mol. The van der Waals surface area contributed by atoms with Crippen molar-refractivity contribution in [3.63, 3.8) is 0 Å². The Morgan fingerprint density at radius 1 is 0.319 bits per heavy atom. The number of hydrogen-bond donors (Lipinski definition) is 0. The standard InChI is InChI=1S/C64H36N6O2/c65-37-51-41(24-15-27-54(51)69-52-25-11-7-20-42(52)47-35-60-49(33-56(47)69)44-22-9-13-28-58(44)71-60)40-30-31-46(64-67-62(38-16-3-1-4-17-38)66-63(68-64)39-18-5-2-6-19-39)55(32-40)70-53-26-12-8-21-43(53)48-36-61-50(34-57(48)70)45-23-10-14-29-59(45)72-61/h1-36H.